The Balaban J connectivity index is 2.02. The third-order valence-electron chi connectivity index (χ3n) is 3.19. The highest BCUT2D eigenvalue weighted by molar-refractivity contribution is 7.71. The van der Waals surface area contributed by atoms with Crippen LogP contribution in [0.4, 0.5) is 0 Å². The minimum Gasteiger partial charge on any atom is -0.378 e. The normalized spacial score (nSPS) is 20.8. The van der Waals surface area contributed by atoms with Crippen LogP contribution >= 0.6 is 12.2 Å². The number of aromatic amines is 1. The zero-order valence-electron chi connectivity index (χ0n) is 10.0. The summed E-state index contributed by atoms with van der Waals surface area (Å²) < 4.78 is 8.68. The highest BCUT2D eigenvalue weighted by atomic mass is 32.1. The monoisotopic (exact) mass is 240 g/mol. The number of nitrogens with one attached hydrogen (secondary N) is 1. The van der Waals surface area contributed by atoms with Crippen LogP contribution in [0.2, 0.25) is 0 Å². The molecule has 0 spiro atoms. The molecule has 1 fully saturated rings. The molecule has 2 heterocycles. The summed E-state index contributed by atoms with van der Waals surface area (Å²) in [6.07, 6.45) is 5.96. The largest absolute Gasteiger partial charge is 0.378 e. The van der Waals surface area contributed by atoms with Crippen molar-refractivity contribution in [2.75, 3.05) is 6.61 Å². The maximum atomic E-state index is 5.63. The van der Waals surface area contributed by atoms with Gasteiger partial charge in [0.2, 0.25) is 0 Å². The zero-order chi connectivity index (χ0) is 11.5. The summed E-state index contributed by atoms with van der Waals surface area (Å²) in [5, 5.41) is 0. The van der Waals surface area contributed by atoms with Gasteiger partial charge < -0.3 is 14.3 Å². The fraction of sp³-hybridized carbons (Fsp3) is 0.750. The molecule has 0 aliphatic carbocycles. The van der Waals surface area contributed by atoms with Gasteiger partial charge in [-0.15, -0.1) is 0 Å². The first-order valence-electron chi connectivity index (χ1n) is 6.08. The van der Waals surface area contributed by atoms with Crippen LogP contribution in [0.1, 0.15) is 44.7 Å². The molecule has 1 N–H and O–H groups in total. The van der Waals surface area contributed by atoms with E-state index in [0.29, 0.717) is 12.0 Å². The number of rotatable bonds is 4. The van der Waals surface area contributed by atoms with Crippen molar-refractivity contribution in [1.82, 2.24) is 9.55 Å². The SMILES string of the molecule is CC(C)c1c[nH]c(=S)n1CCC1CCCO1. The highest BCUT2D eigenvalue weighted by Gasteiger charge is 2.16. The average Bonchev–Trinajstić information content (AvgIpc) is 2.84. The molecule has 4 heteroatoms. The molecule has 1 aliphatic rings. The van der Waals surface area contributed by atoms with Crippen LogP contribution < -0.4 is 0 Å². The Morgan fingerprint density at radius 3 is 3.06 bits per heavy atom. The summed E-state index contributed by atoms with van der Waals surface area (Å²) in [6.45, 7) is 6.29. The highest BCUT2D eigenvalue weighted by Crippen LogP contribution is 2.19. The third kappa shape index (κ3) is 2.55. The van der Waals surface area contributed by atoms with Gasteiger partial charge in [-0.05, 0) is 37.4 Å². The van der Waals surface area contributed by atoms with Gasteiger partial charge in [-0.25, -0.2) is 0 Å². The number of H-pyrrole nitrogens is 1. The number of ether oxygens (including phenoxy) is 1. The summed E-state index contributed by atoms with van der Waals surface area (Å²) in [5.41, 5.74) is 1.29. The predicted molar refractivity (Wildman–Crippen MR) is 67.3 cm³/mol. The molecule has 0 radical (unpaired) electrons. The van der Waals surface area contributed by atoms with Crippen molar-refractivity contribution in [2.24, 2.45) is 0 Å². The second-order valence-electron chi connectivity index (χ2n) is 4.75. The summed E-state index contributed by atoms with van der Waals surface area (Å²) in [5.74, 6) is 0.512. The molecule has 3 nitrogen and oxygen atoms in total. The maximum Gasteiger partial charge on any atom is 0.177 e. The molecule has 90 valence electrons. The van der Waals surface area contributed by atoms with Crippen molar-refractivity contribution < 1.29 is 4.74 Å². The van der Waals surface area contributed by atoms with Gasteiger partial charge in [0.25, 0.3) is 0 Å². The molecule has 16 heavy (non-hydrogen) atoms. The van der Waals surface area contributed by atoms with Crippen LogP contribution in [-0.2, 0) is 11.3 Å². The van der Waals surface area contributed by atoms with Crippen molar-refractivity contribution in [2.45, 2.75) is 51.7 Å². The smallest absolute Gasteiger partial charge is 0.177 e. The van der Waals surface area contributed by atoms with Crippen LogP contribution in [0.5, 0.6) is 0 Å². The number of hydrogen-bond acceptors (Lipinski definition) is 2. The quantitative estimate of drug-likeness (QED) is 0.819. The number of aromatic nitrogens is 2. The molecular weight excluding hydrogens is 220 g/mol. The second kappa shape index (κ2) is 5.15. The fourth-order valence-electron chi connectivity index (χ4n) is 2.26. The Kier molecular flexibility index (Phi) is 3.82. The van der Waals surface area contributed by atoms with E-state index in [-0.39, 0.29) is 0 Å². The van der Waals surface area contributed by atoms with Gasteiger partial charge in [-0.2, -0.15) is 0 Å². The topological polar surface area (TPSA) is 29.9 Å². The van der Waals surface area contributed by atoms with Gasteiger partial charge in [-0.1, -0.05) is 13.8 Å². The Labute approximate surface area is 102 Å². The van der Waals surface area contributed by atoms with Crippen molar-refractivity contribution in [3.8, 4) is 0 Å². The maximum absolute atomic E-state index is 5.63. The van der Waals surface area contributed by atoms with E-state index in [0.717, 1.165) is 24.3 Å². The molecule has 0 aromatic carbocycles. The standard InChI is InChI=1S/C12H20N2OS/c1-9(2)11-8-13-12(16)14(11)6-5-10-4-3-7-15-10/h8-10H,3-7H2,1-2H3,(H,13,16). The van der Waals surface area contributed by atoms with Gasteiger partial charge in [0.15, 0.2) is 4.77 Å². The minimum absolute atomic E-state index is 0.441. The Hall–Kier alpha value is -0.610. The van der Waals surface area contributed by atoms with E-state index in [9.17, 15) is 0 Å². The first kappa shape index (κ1) is 11.9. The summed E-state index contributed by atoms with van der Waals surface area (Å²) in [6, 6.07) is 0. The van der Waals surface area contributed by atoms with Crippen LogP contribution in [0.25, 0.3) is 0 Å². The lowest BCUT2D eigenvalue weighted by Crippen LogP contribution is -2.12. The van der Waals surface area contributed by atoms with Gasteiger partial charge >= 0.3 is 0 Å². The van der Waals surface area contributed by atoms with E-state index in [2.05, 4.69) is 23.4 Å². The van der Waals surface area contributed by atoms with Gasteiger partial charge in [0.1, 0.15) is 0 Å². The Bertz CT molecular complexity index is 388. The summed E-state index contributed by atoms with van der Waals surface area (Å²) in [4.78, 5) is 3.13. The van der Waals surface area contributed by atoms with Gasteiger partial charge in [-0.3, -0.25) is 0 Å². The number of nitrogens with zero attached hydrogens (tertiary/aromatic N) is 1. The summed E-state index contributed by atoms with van der Waals surface area (Å²) >= 11 is 5.30. The molecule has 1 aliphatic heterocycles. The van der Waals surface area contributed by atoms with E-state index in [1.165, 1.54) is 18.5 Å². The lowest BCUT2D eigenvalue weighted by molar-refractivity contribution is 0.1000. The van der Waals surface area contributed by atoms with E-state index in [1.54, 1.807) is 0 Å². The van der Waals surface area contributed by atoms with E-state index in [1.807, 2.05) is 6.20 Å². The molecular formula is C12H20N2OS. The second-order valence-corrected chi connectivity index (χ2v) is 5.14. The first-order valence-corrected chi connectivity index (χ1v) is 6.49. The lowest BCUT2D eigenvalue weighted by Gasteiger charge is -2.13. The summed E-state index contributed by atoms with van der Waals surface area (Å²) in [7, 11) is 0. The molecule has 1 aromatic rings. The molecule has 2 rings (SSSR count). The average molecular weight is 240 g/mol. The van der Waals surface area contributed by atoms with Gasteiger partial charge in [0.05, 0.1) is 6.10 Å². The van der Waals surface area contributed by atoms with Crippen molar-refractivity contribution >= 4 is 12.2 Å². The molecule has 0 saturated carbocycles. The lowest BCUT2D eigenvalue weighted by atomic mass is 10.1. The van der Waals surface area contributed by atoms with Crippen molar-refractivity contribution in [3.05, 3.63) is 16.7 Å². The number of hydrogen-bond donors (Lipinski definition) is 1. The molecule has 0 amide bonds. The van der Waals surface area contributed by atoms with Gasteiger partial charge in [0, 0.05) is 25.0 Å². The molecule has 1 atom stereocenters. The molecule has 0 bridgehead atoms. The number of imidazole rings is 1. The Morgan fingerprint density at radius 1 is 1.62 bits per heavy atom. The minimum atomic E-state index is 0.441. The van der Waals surface area contributed by atoms with E-state index >= 15 is 0 Å². The van der Waals surface area contributed by atoms with Crippen LogP contribution in [0, 0.1) is 4.77 Å². The zero-order valence-corrected chi connectivity index (χ0v) is 10.8. The van der Waals surface area contributed by atoms with E-state index < -0.39 is 0 Å². The molecule has 1 aromatic heterocycles. The molecule has 1 saturated heterocycles. The molecule has 1 unspecified atom stereocenters. The third-order valence-corrected chi connectivity index (χ3v) is 3.53. The fourth-order valence-corrected chi connectivity index (χ4v) is 2.52. The van der Waals surface area contributed by atoms with E-state index in [4.69, 9.17) is 17.0 Å². The van der Waals surface area contributed by atoms with Crippen LogP contribution in [0.3, 0.4) is 0 Å². The Morgan fingerprint density at radius 2 is 2.44 bits per heavy atom. The van der Waals surface area contributed by atoms with Crippen LogP contribution in [-0.4, -0.2) is 22.3 Å². The van der Waals surface area contributed by atoms with Crippen LogP contribution in [0.15, 0.2) is 6.20 Å². The predicted octanol–water partition coefficient (Wildman–Crippen LogP) is 3.24. The van der Waals surface area contributed by atoms with Crippen molar-refractivity contribution in [1.29, 1.82) is 0 Å². The van der Waals surface area contributed by atoms with Crippen molar-refractivity contribution in [3.63, 3.8) is 0 Å². The first-order chi connectivity index (χ1) is 7.68.